The van der Waals surface area contributed by atoms with Crippen molar-refractivity contribution in [3.8, 4) is 0 Å². The molecule has 1 unspecified atom stereocenters. The number of benzene rings is 1. The molecule has 1 nitrogen and oxygen atoms in total. The molecule has 1 aromatic rings. The molecule has 1 aromatic carbocycles. The van der Waals surface area contributed by atoms with Crippen LogP contribution in [-0.4, -0.2) is 18.5 Å². The zero-order valence-corrected chi connectivity index (χ0v) is 11.3. The van der Waals surface area contributed by atoms with E-state index < -0.39 is 0 Å². The maximum atomic E-state index is 6.15. The fraction of sp³-hybridized carbons (Fsp3) is 0.571. The van der Waals surface area contributed by atoms with Gasteiger partial charge in [-0.25, -0.2) is 0 Å². The summed E-state index contributed by atoms with van der Waals surface area (Å²) in [5, 5.41) is 0.263. The highest BCUT2D eigenvalue weighted by Gasteiger charge is 2.04. The van der Waals surface area contributed by atoms with Crippen LogP contribution in [0, 0.1) is 0 Å². The van der Waals surface area contributed by atoms with Crippen LogP contribution in [0.25, 0.3) is 0 Å². The third-order valence-electron chi connectivity index (χ3n) is 2.97. The summed E-state index contributed by atoms with van der Waals surface area (Å²) in [5.74, 6) is 0. The van der Waals surface area contributed by atoms with Crippen LogP contribution in [0.3, 0.4) is 0 Å². The van der Waals surface area contributed by atoms with E-state index >= 15 is 0 Å². The van der Waals surface area contributed by atoms with Crippen molar-refractivity contribution in [2.45, 2.75) is 39.0 Å². The molecule has 16 heavy (non-hydrogen) atoms. The second-order valence-corrected chi connectivity index (χ2v) is 4.67. The summed E-state index contributed by atoms with van der Waals surface area (Å²) in [6, 6.07) is 8.78. The van der Waals surface area contributed by atoms with Gasteiger partial charge in [-0.15, -0.1) is 11.6 Å². The maximum absolute atomic E-state index is 6.15. The first-order valence-electron chi connectivity index (χ1n) is 6.19. The fourth-order valence-corrected chi connectivity index (χ4v) is 2.01. The Kier molecular flexibility index (Phi) is 5.68. The number of alkyl halides is 1. The van der Waals surface area contributed by atoms with E-state index in [9.17, 15) is 0 Å². The molecule has 0 heterocycles. The number of hydrogen-bond acceptors (Lipinski definition) is 1. The van der Waals surface area contributed by atoms with Crippen molar-refractivity contribution in [2.24, 2.45) is 0 Å². The molecule has 0 radical (unpaired) electrons. The van der Waals surface area contributed by atoms with Crippen molar-refractivity contribution in [3.05, 3.63) is 29.8 Å². The summed E-state index contributed by atoms with van der Waals surface area (Å²) in [7, 11) is 0. The standard InChI is InChI=1S/C14H22ClN/c1-4-13(15)11-12-7-9-14(10-8-12)16(5-2)6-3/h7-10,13H,4-6,11H2,1-3H3. The van der Waals surface area contributed by atoms with Gasteiger partial charge in [0, 0.05) is 24.2 Å². The first-order valence-corrected chi connectivity index (χ1v) is 6.62. The third-order valence-corrected chi connectivity index (χ3v) is 3.43. The quantitative estimate of drug-likeness (QED) is 0.676. The molecule has 0 aliphatic rings. The van der Waals surface area contributed by atoms with E-state index in [1.54, 1.807) is 0 Å². The average Bonchev–Trinajstić information content (AvgIpc) is 2.32. The molecule has 0 saturated heterocycles. The molecule has 0 fully saturated rings. The highest BCUT2D eigenvalue weighted by Crippen LogP contribution is 2.17. The smallest absolute Gasteiger partial charge is 0.0373 e. The average molecular weight is 240 g/mol. The van der Waals surface area contributed by atoms with Gasteiger partial charge in [0.1, 0.15) is 0 Å². The van der Waals surface area contributed by atoms with Gasteiger partial charge in [-0.1, -0.05) is 19.1 Å². The lowest BCUT2D eigenvalue weighted by atomic mass is 10.1. The topological polar surface area (TPSA) is 3.24 Å². The highest BCUT2D eigenvalue weighted by molar-refractivity contribution is 6.20. The van der Waals surface area contributed by atoms with E-state index in [1.165, 1.54) is 11.3 Å². The van der Waals surface area contributed by atoms with Crippen LogP contribution in [0.5, 0.6) is 0 Å². The van der Waals surface area contributed by atoms with E-state index in [0.717, 1.165) is 25.9 Å². The second kappa shape index (κ2) is 6.80. The molecule has 0 saturated carbocycles. The van der Waals surface area contributed by atoms with Crippen LogP contribution < -0.4 is 4.90 Å². The van der Waals surface area contributed by atoms with E-state index in [0.29, 0.717) is 0 Å². The first kappa shape index (κ1) is 13.4. The molecule has 0 bridgehead atoms. The van der Waals surface area contributed by atoms with Gasteiger partial charge in [0.25, 0.3) is 0 Å². The molecular formula is C14H22ClN. The Morgan fingerprint density at radius 1 is 1.06 bits per heavy atom. The highest BCUT2D eigenvalue weighted by atomic mass is 35.5. The molecule has 1 rings (SSSR count). The van der Waals surface area contributed by atoms with Gasteiger partial charge in [-0.3, -0.25) is 0 Å². The third kappa shape index (κ3) is 3.71. The van der Waals surface area contributed by atoms with Gasteiger partial charge in [-0.2, -0.15) is 0 Å². The van der Waals surface area contributed by atoms with Crippen LogP contribution in [0.1, 0.15) is 32.8 Å². The van der Waals surface area contributed by atoms with Crippen molar-refractivity contribution in [3.63, 3.8) is 0 Å². The van der Waals surface area contributed by atoms with Gasteiger partial charge in [0.2, 0.25) is 0 Å². The Bertz CT molecular complexity index is 290. The fourth-order valence-electron chi connectivity index (χ4n) is 1.83. The predicted octanol–water partition coefficient (Wildman–Crippen LogP) is 4.09. The van der Waals surface area contributed by atoms with Crippen LogP contribution in [-0.2, 0) is 6.42 Å². The summed E-state index contributed by atoms with van der Waals surface area (Å²) in [4.78, 5) is 2.35. The SMILES string of the molecule is CCC(Cl)Cc1ccc(N(CC)CC)cc1. The summed E-state index contributed by atoms with van der Waals surface area (Å²) >= 11 is 6.15. The number of hydrogen-bond donors (Lipinski definition) is 0. The normalized spacial score (nSPS) is 12.5. The van der Waals surface area contributed by atoms with Crippen molar-refractivity contribution in [1.29, 1.82) is 0 Å². The van der Waals surface area contributed by atoms with Gasteiger partial charge in [0.15, 0.2) is 0 Å². The van der Waals surface area contributed by atoms with E-state index in [-0.39, 0.29) is 5.38 Å². The minimum Gasteiger partial charge on any atom is -0.372 e. The zero-order chi connectivity index (χ0) is 12.0. The summed E-state index contributed by atoms with van der Waals surface area (Å²) in [6.45, 7) is 8.61. The molecule has 0 aromatic heterocycles. The molecule has 0 N–H and O–H groups in total. The van der Waals surface area contributed by atoms with Gasteiger partial charge < -0.3 is 4.90 Å². The lowest BCUT2D eigenvalue weighted by Gasteiger charge is -2.21. The Hall–Kier alpha value is -0.690. The molecule has 0 amide bonds. The summed E-state index contributed by atoms with van der Waals surface area (Å²) in [6.07, 6.45) is 2.00. The molecule has 2 heteroatoms. The minimum absolute atomic E-state index is 0.263. The summed E-state index contributed by atoms with van der Waals surface area (Å²) < 4.78 is 0. The molecule has 90 valence electrons. The van der Waals surface area contributed by atoms with Crippen LogP contribution >= 0.6 is 11.6 Å². The van der Waals surface area contributed by atoms with E-state index in [4.69, 9.17) is 11.6 Å². The van der Waals surface area contributed by atoms with Crippen molar-refractivity contribution < 1.29 is 0 Å². The Morgan fingerprint density at radius 2 is 1.62 bits per heavy atom. The molecule has 0 spiro atoms. The predicted molar refractivity (Wildman–Crippen MR) is 73.6 cm³/mol. The van der Waals surface area contributed by atoms with Gasteiger partial charge in [0.05, 0.1) is 0 Å². The summed E-state index contributed by atoms with van der Waals surface area (Å²) in [5.41, 5.74) is 2.63. The monoisotopic (exact) mass is 239 g/mol. The van der Waals surface area contributed by atoms with Crippen LogP contribution in [0.2, 0.25) is 0 Å². The molecule has 0 aliphatic heterocycles. The minimum atomic E-state index is 0.263. The van der Waals surface area contributed by atoms with Crippen molar-refractivity contribution in [1.82, 2.24) is 0 Å². The largest absolute Gasteiger partial charge is 0.372 e. The molecule has 1 atom stereocenters. The second-order valence-electron chi connectivity index (χ2n) is 4.05. The maximum Gasteiger partial charge on any atom is 0.0373 e. The molecular weight excluding hydrogens is 218 g/mol. The number of anilines is 1. The Balaban J connectivity index is 2.67. The van der Waals surface area contributed by atoms with E-state index in [2.05, 4.69) is 49.9 Å². The van der Waals surface area contributed by atoms with E-state index in [1.807, 2.05) is 0 Å². The van der Waals surface area contributed by atoms with Crippen LogP contribution in [0.15, 0.2) is 24.3 Å². The number of halogens is 1. The van der Waals surface area contributed by atoms with Gasteiger partial charge >= 0.3 is 0 Å². The Morgan fingerprint density at radius 3 is 2.06 bits per heavy atom. The van der Waals surface area contributed by atoms with Crippen LogP contribution in [0.4, 0.5) is 5.69 Å². The molecule has 0 aliphatic carbocycles. The van der Waals surface area contributed by atoms with Crippen molar-refractivity contribution >= 4 is 17.3 Å². The lowest BCUT2D eigenvalue weighted by Crippen LogP contribution is -2.21. The number of rotatable bonds is 6. The lowest BCUT2D eigenvalue weighted by molar-refractivity contribution is 0.804. The zero-order valence-electron chi connectivity index (χ0n) is 10.5. The Labute approximate surface area is 104 Å². The van der Waals surface area contributed by atoms with Gasteiger partial charge in [-0.05, 0) is 44.4 Å². The van der Waals surface area contributed by atoms with Crippen molar-refractivity contribution in [2.75, 3.05) is 18.0 Å². The number of nitrogens with zero attached hydrogens (tertiary/aromatic N) is 1. The first-order chi connectivity index (χ1) is 7.71.